The van der Waals surface area contributed by atoms with Crippen molar-refractivity contribution in [3.05, 3.63) is 35.2 Å². The van der Waals surface area contributed by atoms with E-state index in [-0.39, 0.29) is 29.2 Å². The van der Waals surface area contributed by atoms with Crippen molar-refractivity contribution in [2.24, 2.45) is 5.92 Å². The van der Waals surface area contributed by atoms with E-state index in [1.807, 2.05) is 0 Å². The molecule has 0 aromatic carbocycles. The van der Waals surface area contributed by atoms with Crippen LogP contribution in [-0.4, -0.2) is 102 Å². The van der Waals surface area contributed by atoms with Gasteiger partial charge in [-0.3, -0.25) is 23.0 Å². The quantitative estimate of drug-likeness (QED) is 0.153. The van der Waals surface area contributed by atoms with Crippen LogP contribution in [0.5, 0.6) is 0 Å². The molecule has 7 heterocycles. The molecule has 21 nitrogen and oxygen atoms in total. The van der Waals surface area contributed by atoms with Gasteiger partial charge in [0.25, 0.3) is 5.56 Å². The Balaban J connectivity index is 1.21. The number of H-pyrrole nitrogens is 1. The van der Waals surface area contributed by atoms with Crippen LogP contribution in [-0.2, 0) is 37.6 Å². The second kappa shape index (κ2) is 11.1. The summed E-state index contributed by atoms with van der Waals surface area (Å²) in [5, 5.41) is 10.3. The van der Waals surface area contributed by atoms with Crippen molar-refractivity contribution in [2.75, 3.05) is 25.5 Å². The zero-order chi connectivity index (χ0) is 31.7. The minimum absolute atomic E-state index is 0.0281. The Morgan fingerprint density at radius 1 is 1.09 bits per heavy atom. The Morgan fingerprint density at radius 3 is 2.67 bits per heavy atom. The first-order valence-electron chi connectivity index (χ1n) is 13.5. The van der Waals surface area contributed by atoms with Crippen molar-refractivity contribution >= 4 is 46.3 Å². The maximum absolute atomic E-state index is 13.3. The van der Waals surface area contributed by atoms with Crippen LogP contribution in [0.2, 0.25) is 0 Å². The Labute approximate surface area is 252 Å². The minimum atomic E-state index is -4.82. The predicted molar refractivity (Wildman–Crippen MR) is 148 cm³/mol. The third kappa shape index (κ3) is 5.52. The van der Waals surface area contributed by atoms with Crippen molar-refractivity contribution in [1.82, 2.24) is 43.8 Å². The molecule has 3 aliphatic rings. The monoisotopic (exact) mass is 670 g/mol. The summed E-state index contributed by atoms with van der Waals surface area (Å²) in [6, 6.07) is 0. The number of ether oxygens (including phenoxy) is 2. The van der Waals surface area contributed by atoms with Gasteiger partial charge in [0.1, 0.15) is 42.2 Å². The number of fused-ring (bicyclic) bond motifs is 5. The molecule has 23 heteroatoms. The summed E-state index contributed by atoms with van der Waals surface area (Å²) >= 11 is 0. The summed E-state index contributed by atoms with van der Waals surface area (Å²) in [5.41, 5.74) is 5.97. The van der Waals surface area contributed by atoms with Crippen LogP contribution in [0, 0.1) is 12.8 Å². The SMILES string of the molecule is Cc1nc2c(ncn2C2OC3COP(=O)(O)OC4CC(n5cnc6c(N)ncnc65)OC4CNS(=O)(=O)OC2C3CO)c(=O)[nH]1. The summed E-state index contributed by atoms with van der Waals surface area (Å²) < 4.78 is 73.2. The normalized spacial score (nSPS) is 33.9. The number of aryl methyl sites for hydroxylation is 1. The zero-order valence-electron chi connectivity index (χ0n) is 23.2. The van der Waals surface area contributed by atoms with Crippen LogP contribution in [0.3, 0.4) is 0 Å². The number of phosphoric ester groups is 1. The van der Waals surface area contributed by atoms with Gasteiger partial charge in [0, 0.05) is 18.9 Å². The van der Waals surface area contributed by atoms with Crippen molar-refractivity contribution in [3.8, 4) is 0 Å². The van der Waals surface area contributed by atoms with Gasteiger partial charge in [0.05, 0.1) is 32.0 Å². The van der Waals surface area contributed by atoms with Gasteiger partial charge in [-0.1, -0.05) is 0 Å². The maximum Gasteiger partial charge on any atom is 0.472 e. The molecule has 0 spiro atoms. The first-order chi connectivity index (χ1) is 21.4. The van der Waals surface area contributed by atoms with E-state index in [0.717, 1.165) is 0 Å². The molecule has 4 aromatic heterocycles. The highest BCUT2D eigenvalue weighted by Crippen LogP contribution is 2.50. The molecule has 0 saturated carbocycles. The third-order valence-corrected chi connectivity index (χ3v) is 9.79. The molecule has 3 saturated heterocycles. The lowest BCUT2D eigenvalue weighted by Gasteiger charge is -2.24. The Bertz CT molecular complexity index is 1980. The predicted octanol–water partition coefficient (Wildman–Crippen LogP) is -1.62. The highest BCUT2D eigenvalue weighted by Gasteiger charge is 2.51. The molecule has 0 radical (unpaired) electrons. The van der Waals surface area contributed by atoms with E-state index in [0.29, 0.717) is 11.2 Å². The van der Waals surface area contributed by atoms with Crippen LogP contribution in [0.25, 0.3) is 22.3 Å². The third-order valence-electron chi connectivity index (χ3n) is 7.78. The number of nitrogen functional groups attached to an aromatic ring is 1. The number of aromatic nitrogens is 8. The molecule has 3 aliphatic heterocycles. The van der Waals surface area contributed by atoms with Crippen molar-refractivity contribution in [3.63, 3.8) is 0 Å². The molecule has 242 valence electrons. The number of aliphatic hydroxyl groups excluding tert-OH is 1. The molecule has 8 unspecified atom stereocenters. The van der Waals surface area contributed by atoms with E-state index < -0.39 is 86.2 Å². The molecule has 6 N–H and O–H groups in total. The van der Waals surface area contributed by atoms with Gasteiger partial charge in [-0.25, -0.2) is 33.7 Å². The number of imidazole rings is 2. The number of rotatable bonds is 3. The van der Waals surface area contributed by atoms with Crippen LogP contribution in [0.15, 0.2) is 23.8 Å². The highest BCUT2D eigenvalue weighted by atomic mass is 32.2. The number of hydrogen-bond acceptors (Lipinski definition) is 16. The molecule has 8 atom stereocenters. The smallest absolute Gasteiger partial charge is 0.396 e. The standard InChI is InChI=1S/C22H27N10O11PS/c1-9-29-20-16(21(34)30-9)27-8-32(20)22-17-10(4-33)13(41-22)5-39-44(35,36)42-11-2-14(40-12(11)3-28-45(37,38)43-17)31-7-26-15-18(23)24-6-25-19(15)31/h6-8,10-14,17,22,28,33H,2-5H2,1H3,(H,35,36)(H2,23,24,25)(H,29,30,34). The number of phosphoric acid groups is 1. The van der Waals surface area contributed by atoms with Gasteiger partial charge in [0.15, 0.2) is 28.9 Å². The average Bonchev–Trinajstić information content (AvgIpc) is 3.74. The molecule has 0 aliphatic carbocycles. The number of aliphatic hydroxyl groups is 1. The fourth-order valence-corrected chi connectivity index (χ4v) is 7.64. The molecule has 3 fully saturated rings. The molecule has 0 amide bonds. The average molecular weight is 671 g/mol. The van der Waals surface area contributed by atoms with Crippen LogP contribution in [0.1, 0.15) is 24.7 Å². The second-order valence-corrected chi connectivity index (χ2v) is 13.4. The fraction of sp³-hybridized carbons (Fsp3) is 0.545. The van der Waals surface area contributed by atoms with Gasteiger partial charge in [-0.2, -0.15) is 13.1 Å². The topological polar surface area (TPSA) is 283 Å². The van der Waals surface area contributed by atoms with Crippen molar-refractivity contribution < 1.29 is 45.7 Å². The van der Waals surface area contributed by atoms with Gasteiger partial charge < -0.3 is 30.2 Å². The second-order valence-electron chi connectivity index (χ2n) is 10.6. The van der Waals surface area contributed by atoms with E-state index in [4.69, 9.17) is 28.4 Å². The highest BCUT2D eigenvalue weighted by molar-refractivity contribution is 7.84. The lowest BCUT2D eigenvalue weighted by atomic mass is 9.99. The number of hydrogen-bond donors (Lipinski definition) is 5. The number of nitrogens with two attached hydrogens (primary N) is 1. The number of anilines is 1. The molecular weight excluding hydrogens is 643 g/mol. The maximum atomic E-state index is 13.3. The molecule has 7 rings (SSSR count). The first kappa shape index (κ1) is 30.2. The number of nitrogens with zero attached hydrogens (tertiary/aromatic N) is 7. The molecular formula is C22H27N10O11PS. The summed E-state index contributed by atoms with van der Waals surface area (Å²) in [4.78, 5) is 46.3. The number of aromatic amines is 1. The molecule has 2 bridgehead atoms. The van der Waals surface area contributed by atoms with Crippen molar-refractivity contribution in [1.29, 1.82) is 0 Å². The Hall–Kier alpha value is -3.44. The Morgan fingerprint density at radius 2 is 1.87 bits per heavy atom. The summed E-state index contributed by atoms with van der Waals surface area (Å²) in [7, 11) is -9.42. The van der Waals surface area contributed by atoms with Gasteiger partial charge in [0.2, 0.25) is 0 Å². The van der Waals surface area contributed by atoms with Gasteiger partial charge in [-0.15, -0.1) is 0 Å². The fourth-order valence-electron chi connectivity index (χ4n) is 5.71. The zero-order valence-corrected chi connectivity index (χ0v) is 24.9. The summed E-state index contributed by atoms with van der Waals surface area (Å²) in [6.45, 7) is -0.179. The van der Waals surface area contributed by atoms with E-state index in [9.17, 15) is 27.8 Å². The summed E-state index contributed by atoms with van der Waals surface area (Å²) in [5.74, 6) is -0.703. The molecule has 45 heavy (non-hydrogen) atoms. The molecule has 4 aromatic rings. The van der Waals surface area contributed by atoms with E-state index in [1.54, 1.807) is 6.92 Å². The van der Waals surface area contributed by atoms with Crippen LogP contribution >= 0.6 is 7.82 Å². The Kier molecular flexibility index (Phi) is 7.47. The minimum Gasteiger partial charge on any atom is -0.396 e. The number of nitrogens with one attached hydrogen (secondary N) is 2. The van der Waals surface area contributed by atoms with Gasteiger partial charge in [-0.05, 0) is 6.92 Å². The van der Waals surface area contributed by atoms with E-state index in [2.05, 4.69) is 34.6 Å². The van der Waals surface area contributed by atoms with Gasteiger partial charge >= 0.3 is 18.1 Å². The lowest BCUT2D eigenvalue weighted by molar-refractivity contribution is -0.0508. The first-order valence-corrected chi connectivity index (χ1v) is 16.5. The largest absolute Gasteiger partial charge is 0.472 e. The van der Waals surface area contributed by atoms with Crippen LogP contribution < -0.4 is 16.0 Å². The van der Waals surface area contributed by atoms with E-state index >= 15 is 0 Å². The summed E-state index contributed by atoms with van der Waals surface area (Å²) in [6.07, 6.45) is -3.18. The van der Waals surface area contributed by atoms with Crippen LogP contribution in [0.4, 0.5) is 5.82 Å². The lowest BCUT2D eigenvalue weighted by Crippen LogP contribution is -2.42. The van der Waals surface area contributed by atoms with E-state index in [1.165, 1.54) is 28.1 Å². The van der Waals surface area contributed by atoms with Crippen molar-refractivity contribution in [2.45, 2.75) is 50.2 Å².